The Labute approximate surface area is 121 Å². The summed E-state index contributed by atoms with van der Waals surface area (Å²) in [6.07, 6.45) is 0. The molecule has 1 aromatic carbocycles. The van der Waals surface area contributed by atoms with Gasteiger partial charge in [0.05, 0.1) is 4.90 Å². The molecular formula is C14H23N3O2S. The Morgan fingerprint density at radius 1 is 1.30 bits per heavy atom. The zero-order chi connectivity index (χ0) is 14.8. The molecule has 0 amide bonds. The minimum atomic E-state index is -3.35. The first kappa shape index (κ1) is 15.4. The van der Waals surface area contributed by atoms with Crippen LogP contribution in [-0.4, -0.2) is 57.4 Å². The average Bonchev–Trinajstić information content (AvgIpc) is 2.36. The number of rotatable bonds is 6. The van der Waals surface area contributed by atoms with Crippen LogP contribution in [0.25, 0.3) is 0 Å². The van der Waals surface area contributed by atoms with E-state index in [4.69, 9.17) is 0 Å². The van der Waals surface area contributed by atoms with Crippen LogP contribution >= 0.6 is 0 Å². The number of benzene rings is 1. The van der Waals surface area contributed by atoms with Crippen molar-refractivity contribution in [2.24, 2.45) is 0 Å². The van der Waals surface area contributed by atoms with Crippen molar-refractivity contribution < 1.29 is 8.42 Å². The molecule has 0 atom stereocenters. The summed E-state index contributed by atoms with van der Waals surface area (Å²) in [7, 11) is -0.239. The summed E-state index contributed by atoms with van der Waals surface area (Å²) in [6, 6.07) is 7.81. The van der Waals surface area contributed by atoms with Gasteiger partial charge in [-0.3, -0.25) is 4.90 Å². The molecule has 0 saturated carbocycles. The maximum Gasteiger partial charge on any atom is 0.242 e. The lowest BCUT2D eigenvalue weighted by molar-refractivity contribution is 0.145. The molecule has 5 nitrogen and oxygen atoms in total. The van der Waals surface area contributed by atoms with E-state index in [-0.39, 0.29) is 0 Å². The fourth-order valence-electron chi connectivity index (χ4n) is 2.28. The summed E-state index contributed by atoms with van der Waals surface area (Å²) in [4.78, 5) is 2.74. The average molecular weight is 297 g/mol. The van der Waals surface area contributed by atoms with E-state index >= 15 is 0 Å². The predicted octanol–water partition coefficient (Wildman–Crippen LogP) is 0.731. The van der Waals surface area contributed by atoms with Gasteiger partial charge in [-0.05, 0) is 24.2 Å². The Hall–Kier alpha value is -0.950. The molecule has 1 N–H and O–H groups in total. The Morgan fingerprint density at radius 2 is 2.00 bits per heavy atom. The lowest BCUT2D eigenvalue weighted by atomic mass is 10.1. The number of nitrogens with zero attached hydrogens (tertiary/aromatic N) is 2. The maximum absolute atomic E-state index is 12.1. The zero-order valence-electron chi connectivity index (χ0n) is 12.3. The van der Waals surface area contributed by atoms with Gasteiger partial charge in [-0.15, -0.1) is 0 Å². The highest BCUT2D eigenvalue weighted by Gasteiger charge is 2.24. The molecule has 0 spiro atoms. The molecule has 1 aliphatic rings. The summed E-state index contributed by atoms with van der Waals surface area (Å²) < 4.78 is 25.5. The Kier molecular flexibility index (Phi) is 4.80. The van der Waals surface area contributed by atoms with Gasteiger partial charge in [0, 0.05) is 39.8 Å². The van der Waals surface area contributed by atoms with E-state index in [9.17, 15) is 8.42 Å². The third kappa shape index (κ3) is 3.20. The van der Waals surface area contributed by atoms with E-state index in [1.54, 1.807) is 26.2 Å². The monoisotopic (exact) mass is 297 g/mol. The molecule has 2 rings (SSSR count). The van der Waals surface area contributed by atoms with Crippen molar-refractivity contribution >= 4 is 10.0 Å². The minimum Gasteiger partial charge on any atom is -0.314 e. The summed E-state index contributed by atoms with van der Waals surface area (Å²) in [5, 5.41) is 3.27. The molecule has 0 bridgehead atoms. The molecule has 1 aliphatic heterocycles. The van der Waals surface area contributed by atoms with Gasteiger partial charge in [0.2, 0.25) is 10.0 Å². The van der Waals surface area contributed by atoms with Crippen LogP contribution in [0.3, 0.4) is 0 Å². The van der Waals surface area contributed by atoms with Gasteiger partial charge in [-0.1, -0.05) is 19.1 Å². The van der Waals surface area contributed by atoms with Crippen LogP contribution < -0.4 is 5.32 Å². The predicted molar refractivity (Wildman–Crippen MR) is 80.1 cm³/mol. The van der Waals surface area contributed by atoms with E-state index in [0.29, 0.717) is 10.9 Å². The van der Waals surface area contributed by atoms with E-state index in [1.165, 1.54) is 4.31 Å². The summed E-state index contributed by atoms with van der Waals surface area (Å²) in [6.45, 7) is 5.93. The molecular weight excluding hydrogens is 274 g/mol. The van der Waals surface area contributed by atoms with Crippen LogP contribution in [0.2, 0.25) is 0 Å². The number of sulfonamides is 1. The highest BCUT2D eigenvalue weighted by atomic mass is 32.2. The highest BCUT2D eigenvalue weighted by molar-refractivity contribution is 7.89. The third-order valence-corrected chi connectivity index (χ3v) is 5.56. The van der Waals surface area contributed by atoms with Gasteiger partial charge in [-0.2, -0.15) is 0 Å². The van der Waals surface area contributed by atoms with Gasteiger partial charge in [0.25, 0.3) is 0 Å². The van der Waals surface area contributed by atoms with Crippen molar-refractivity contribution in [3.63, 3.8) is 0 Å². The van der Waals surface area contributed by atoms with Gasteiger partial charge >= 0.3 is 0 Å². The standard InChI is InChI=1S/C14H23N3O2S/c1-4-17(13-9-15-10-13)11-12-6-5-7-14(8-12)20(18,19)16(2)3/h5-8,13,15H,4,9-11H2,1-3H3. The van der Waals surface area contributed by atoms with Crippen molar-refractivity contribution in [3.8, 4) is 0 Å². The topological polar surface area (TPSA) is 52.7 Å². The molecule has 0 radical (unpaired) electrons. The largest absolute Gasteiger partial charge is 0.314 e. The minimum absolute atomic E-state index is 0.364. The third-order valence-electron chi connectivity index (χ3n) is 3.75. The molecule has 6 heteroatoms. The number of hydrogen-bond acceptors (Lipinski definition) is 4. The Morgan fingerprint density at radius 3 is 2.50 bits per heavy atom. The van der Waals surface area contributed by atoms with Crippen molar-refractivity contribution in [3.05, 3.63) is 29.8 Å². The van der Waals surface area contributed by atoms with E-state index in [1.807, 2.05) is 12.1 Å². The van der Waals surface area contributed by atoms with Gasteiger partial charge in [0.1, 0.15) is 0 Å². The van der Waals surface area contributed by atoms with Crippen LogP contribution in [0.1, 0.15) is 12.5 Å². The molecule has 1 aromatic rings. The molecule has 0 aliphatic carbocycles. The SMILES string of the molecule is CCN(Cc1cccc(S(=O)(=O)N(C)C)c1)C1CNC1. The maximum atomic E-state index is 12.1. The molecule has 20 heavy (non-hydrogen) atoms. The second kappa shape index (κ2) is 6.22. The first-order valence-corrected chi connectivity index (χ1v) is 8.35. The summed E-state index contributed by atoms with van der Waals surface area (Å²) in [5.41, 5.74) is 1.04. The van der Waals surface area contributed by atoms with Crippen LogP contribution in [0, 0.1) is 0 Å². The van der Waals surface area contributed by atoms with Crippen LogP contribution in [0.5, 0.6) is 0 Å². The smallest absolute Gasteiger partial charge is 0.242 e. The summed E-state index contributed by atoms with van der Waals surface area (Å²) in [5.74, 6) is 0. The number of hydrogen-bond donors (Lipinski definition) is 1. The Balaban J connectivity index is 2.17. The first-order valence-electron chi connectivity index (χ1n) is 6.91. The summed E-state index contributed by atoms with van der Waals surface area (Å²) >= 11 is 0. The van der Waals surface area contributed by atoms with Crippen molar-refractivity contribution in [1.29, 1.82) is 0 Å². The quantitative estimate of drug-likeness (QED) is 0.841. The Bertz CT molecular complexity index is 553. The first-order chi connectivity index (χ1) is 9.45. The van der Waals surface area contributed by atoms with E-state index < -0.39 is 10.0 Å². The molecule has 112 valence electrons. The fraction of sp³-hybridized carbons (Fsp3) is 0.571. The molecule has 0 unspecified atom stereocenters. The molecule has 0 aromatic heterocycles. The second-order valence-electron chi connectivity index (χ2n) is 5.31. The van der Waals surface area contributed by atoms with Crippen LogP contribution in [0.15, 0.2) is 29.2 Å². The normalized spacial score (nSPS) is 16.6. The van der Waals surface area contributed by atoms with Crippen molar-refractivity contribution in [2.75, 3.05) is 33.7 Å². The van der Waals surface area contributed by atoms with Crippen LogP contribution in [-0.2, 0) is 16.6 Å². The van der Waals surface area contributed by atoms with Crippen molar-refractivity contribution in [2.45, 2.75) is 24.4 Å². The molecule has 1 saturated heterocycles. The number of nitrogens with one attached hydrogen (secondary N) is 1. The lowest BCUT2D eigenvalue weighted by Crippen LogP contribution is -2.56. The zero-order valence-corrected chi connectivity index (χ0v) is 13.2. The number of likely N-dealkylation sites (N-methyl/N-ethyl adjacent to an activating group) is 1. The van der Waals surface area contributed by atoms with Crippen molar-refractivity contribution in [1.82, 2.24) is 14.5 Å². The van der Waals surface area contributed by atoms with Crippen LogP contribution in [0.4, 0.5) is 0 Å². The van der Waals surface area contributed by atoms with Gasteiger partial charge in [-0.25, -0.2) is 12.7 Å². The highest BCUT2D eigenvalue weighted by Crippen LogP contribution is 2.17. The molecule has 1 heterocycles. The lowest BCUT2D eigenvalue weighted by Gasteiger charge is -2.37. The van der Waals surface area contributed by atoms with E-state index in [0.717, 1.165) is 31.7 Å². The second-order valence-corrected chi connectivity index (χ2v) is 7.46. The van der Waals surface area contributed by atoms with E-state index in [2.05, 4.69) is 17.1 Å². The molecule has 1 fully saturated rings. The van der Waals surface area contributed by atoms with Gasteiger partial charge < -0.3 is 5.32 Å². The van der Waals surface area contributed by atoms with Gasteiger partial charge in [0.15, 0.2) is 0 Å². The fourth-order valence-corrected chi connectivity index (χ4v) is 3.25.